The highest BCUT2D eigenvalue weighted by atomic mass is 15.3. The highest BCUT2D eigenvalue weighted by Gasteiger charge is 2.02. The van der Waals surface area contributed by atoms with Crippen molar-refractivity contribution in [3.8, 4) is 0 Å². The highest BCUT2D eigenvalue weighted by molar-refractivity contribution is 5.31. The van der Waals surface area contributed by atoms with Crippen molar-refractivity contribution in [2.45, 2.75) is 46.1 Å². The lowest BCUT2D eigenvalue weighted by molar-refractivity contribution is 0.487. The average Bonchev–Trinajstić information content (AvgIpc) is 2.73. The van der Waals surface area contributed by atoms with Crippen LogP contribution in [0.2, 0.25) is 0 Å². The van der Waals surface area contributed by atoms with Gasteiger partial charge in [-0.15, -0.1) is 0 Å². The van der Waals surface area contributed by atoms with Crippen molar-refractivity contribution in [2.75, 3.05) is 18.4 Å². The van der Waals surface area contributed by atoms with E-state index in [0.29, 0.717) is 6.04 Å². The molecule has 98 valence electrons. The van der Waals surface area contributed by atoms with E-state index in [2.05, 4.69) is 31.2 Å². The van der Waals surface area contributed by atoms with Crippen LogP contribution >= 0.6 is 0 Å². The second-order valence-electron chi connectivity index (χ2n) is 5.03. The third-order valence-corrected chi connectivity index (χ3v) is 2.98. The molecule has 0 amide bonds. The summed E-state index contributed by atoms with van der Waals surface area (Å²) in [6, 6.07) is 2.46. The number of hydrogen-bond acceptors (Lipinski definition) is 3. The molecule has 1 aromatic rings. The van der Waals surface area contributed by atoms with Gasteiger partial charge < -0.3 is 11.1 Å². The van der Waals surface area contributed by atoms with Gasteiger partial charge in [0.1, 0.15) is 5.82 Å². The van der Waals surface area contributed by atoms with E-state index >= 15 is 0 Å². The van der Waals surface area contributed by atoms with E-state index in [-0.39, 0.29) is 0 Å². The molecule has 4 heteroatoms. The summed E-state index contributed by atoms with van der Waals surface area (Å²) >= 11 is 0. The first-order valence-electron chi connectivity index (χ1n) is 6.62. The summed E-state index contributed by atoms with van der Waals surface area (Å²) in [6.07, 6.45) is 5.55. The van der Waals surface area contributed by atoms with Crippen LogP contribution in [0, 0.1) is 5.92 Å². The molecule has 0 aliphatic carbocycles. The number of anilines is 1. The van der Waals surface area contributed by atoms with Crippen LogP contribution in [0.25, 0.3) is 0 Å². The van der Waals surface area contributed by atoms with Crippen LogP contribution in [0.3, 0.4) is 0 Å². The Morgan fingerprint density at radius 2 is 2.12 bits per heavy atom. The van der Waals surface area contributed by atoms with Crippen molar-refractivity contribution in [1.29, 1.82) is 0 Å². The van der Waals surface area contributed by atoms with E-state index < -0.39 is 0 Å². The third kappa shape index (κ3) is 5.22. The van der Waals surface area contributed by atoms with Crippen LogP contribution in [-0.2, 0) is 0 Å². The standard InChI is InChI=1S/C13H26N4/c1-11(2)17-10-7-13(16-17)15-9-4-5-12(3)6-8-14/h7,10-12H,4-6,8-9,14H2,1-3H3,(H,15,16). The minimum atomic E-state index is 0.426. The quantitative estimate of drug-likeness (QED) is 0.685. The number of nitrogens with one attached hydrogen (secondary N) is 1. The topological polar surface area (TPSA) is 55.9 Å². The highest BCUT2D eigenvalue weighted by Crippen LogP contribution is 2.11. The molecule has 1 rings (SSSR count). The molecule has 1 unspecified atom stereocenters. The van der Waals surface area contributed by atoms with Gasteiger partial charge in [-0.25, -0.2) is 0 Å². The first-order valence-corrected chi connectivity index (χ1v) is 6.62. The third-order valence-electron chi connectivity index (χ3n) is 2.98. The fourth-order valence-electron chi connectivity index (χ4n) is 1.82. The molecule has 1 heterocycles. The monoisotopic (exact) mass is 238 g/mol. The van der Waals surface area contributed by atoms with Crippen LogP contribution in [0.1, 0.15) is 46.1 Å². The first-order chi connectivity index (χ1) is 8.13. The smallest absolute Gasteiger partial charge is 0.147 e. The van der Waals surface area contributed by atoms with Crippen molar-refractivity contribution in [3.05, 3.63) is 12.3 Å². The summed E-state index contributed by atoms with van der Waals surface area (Å²) < 4.78 is 1.97. The summed E-state index contributed by atoms with van der Waals surface area (Å²) in [5.41, 5.74) is 5.53. The number of hydrogen-bond donors (Lipinski definition) is 2. The molecule has 4 nitrogen and oxygen atoms in total. The van der Waals surface area contributed by atoms with Crippen molar-refractivity contribution >= 4 is 5.82 Å². The van der Waals surface area contributed by atoms with Gasteiger partial charge in [0, 0.05) is 24.8 Å². The molecule has 3 N–H and O–H groups in total. The minimum Gasteiger partial charge on any atom is -0.369 e. The number of rotatable bonds is 8. The summed E-state index contributed by atoms with van der Waals surface area (Å²) in [7, 11) is 0. The van der Waals surface area contributed by atoms with E-state index in [1.165, 1.54) is 12.8 Å². The van der Waals surface area contributed by atoms with Crippen molar-refractivity contribution in [1.82, 2.24) is 9.78 Å². The second kappa shape index (κ2) is 7.33. The molecule has 0 bridgehead atoms. The average molecular weight is 238 g/mol. The summed E-state index contributed by atoms with van der Waals surface area (Å²) in [4.78, 5) is 0. The fraction of sp³-hybridized carbons (Fsp3) is 0.769. The summed E-state index contributed by atoms with van der Waals surface area (Å²) in [6.45, 7) is 8.31. The lowest BCUT2D eigenvalue weighted by atomic mass is 10.0. The normalized spacial score (nSPS) is 13.0. The van der Waals surface area contributed by atoms with Gasteiger partial charge in [0.2, 0.25) is 0 Å². The predicted molar refractivity (Wildman–Crippen MR) is 73.2 cm³/mol. The molecule has 0 saturated heterocycles. The maximum Gasteiger partial charge on any atom is 0.147 e. The van der Waals surface area contributed by atoms with E-state index in [9.17, 15) is 0 Å². The van der Waals surface area contributed by atoms with Gasteiger partial charge in [-0.2, -0.15) is 5.10 Å². The summed E-state index contributed by atoms with van der Waals surface area (Å²) in [5.74, 6) is 1.71. The van der Waals surface area contributed by atoms with E-state index in [1.807, 2.05) is 16.9 Å². The Kier molecular flexibility index (Phi) is 6.05. The molecule has 0 fully saturated rings. The van der Waals surface area contributed by atoms with Crippen LogP contribution in [-0.4, -0.2) is 22.9 Å². The molecular weight excluding hydrogens is 212 g/mol. The lowest BCUT2D eigenvalue weighted by Crippen LogP contribution is -2.09. The Morgan fingerprint density at radius 1 is 1.35 bits per heavy atom. The van der Waals surface area contributed by atoms with Gasteiger partial charge in [0.05, 0.1) is 0 Å². The fourth-order valence-corrected chi connectivity index (χ4v) is 1.82. The Balaban J connectivity index is 2.17. The zero-order valence-electron chi connectivity index (χ0n) is 11.3. The predicted octanol–water partition coefficient (Wildman–Crippen LogP) is 2.64. The van der Waals surface area contributed by atoms with Gasteiger partial charge in [-0.05, 0) is 45.6 Å². The van der Waals surface area contributed by atoms with Gasteiger partial charge in [0.25, 0.3) is 0 Å². The van der Waals surface area contributed by atoms with E-state index in [0.717, 1.165) is 31.2 Å². The van der Waals surface area contributed by atoms with Crippen LogP contribution < -0.4 is 11.1 Å². The van der Waals surface area contributed by atoms with Crippen LogP contribution in [0.4, 0.5) is 5.82 Å². The Bertz CT molecular complexity index is 306. The van der Waals surface area contributed by atoms with Gasteiger partial charge in [-0.3, -0.25) is 4.68 Å². The molecule has 0 spiro atoms. The minimum absolute atomic E-state index is 0.426. The molecule has 1 aromatic heterocycles. The Hall–Kier alpha value is -1.03. The van der Waals surface area contributed by atoms with Gasteiger partial charge >= 0.3 is 0 Å². The Labute approximate surface area is 105 Å². The lowest BCUT2D eigenvalue weighted by Gasteiger charge is -2.09. The second-order valence-corrected chi connectivity index (χ2v) is 5.03. The SMILES string of the molecule is CC(CCN)CCCNc1ccn(C(C)C)n1. The van der Waals surface area contributed by atoms with Crippen LogP contribution in [0.15, 0.2) is 12.3 Å². The molecule has 0 saturated carbocycles. The number of aromatic nitrogens is 2. The van der Waals surface area contributed by atoms with Crippen molar-refractivity contribution < 1.29 is 0 Å². The molecule has 0 radical (unpaired) electrons. The van der Waals surface area contributed by atoms with Crippen LogP contribution in [0.5, 0.6) is 0 Å². The maximum absolute atomic E-state index is 5.53. The number of nitrogens with two attached hydrogens (primary N) is 1. The molecule has 0 aliphatic heterocycles. The Morgan fingerprint density at radius 3 is 2.71 bits per heavy atom. The van der Waals surface area contributed by atoms with Gasteiger partial charge in [0.15, 0.2) is 0 Å². The van der Waals surface area contributed by atoms with E-state index in [1.54, 1.807) is 0 Å². The van der Waals surface area contributed by atoms with Gasteiger partial charge in [-0.1, -0.05) is 6.92 Å². The first kappa shape index (κ1) is 14.0. The summed E-state index contributed by atoms with van der Waals surface area (Å²) in [5, 5.41) is 7.80. The largest absolute Gasteiger partial charge is 0.369 e. The zero-order valence-corrected chi connectivity index (χ0v) is 11.3. The molecular formula is C13H26N4. The molecule has 17 heavy (non-hydrogen) atoms. The van der Waals surface area contributed by atoms with Crippen molar-refractivity contribution in [3.63, 3.8) is 0 Å². The molecule has 0 aliphatic rings. The van der Waals surface area contributed by atoms with Crippen molar-refractivity contribution in [2.24, 2.45) is 11.7 Å². The maximum atomic E-state index is 5.53. The number of nitrogens with zero attached hydrogens (tertiary/aromatic N) is 2. The molecule has 0 aromatic carbocycles. The molecule has 1 atom stereocenters. The van der Waals surface area contributed by atoms with E-state index in [4.69, 9.17) is 5.73 Å². The zero-order chi connectivity index (χ0) is 12.7.